The molecule has 0 aliphatic carbocycles. The zero-order valence-corrected chi connectivity index (χ0v) is 12.1. The average Bonchev–Trinajstić information content (AvgIpc) is 2.36. The van der Waals surface area contributed by atoms with Gasteiger partial charge in [0.25, 0.3) is 0 Å². The molecule has 17 heavy (non-hydrogen) atoms. The second kappa shape index (κ2) is 8.98. The van der Waals surface area contributed by atoms with Crippen molar-refractivity contribution >= 4 is 8.80 Å². The van der Waals surface area contributed by atoms with Crippen LogP contribution in [0.1, 0.15) is 25.7 Å². The molecule has 0 amide bonds. The van der Waals surface area contributed by atoms with E-state index in [4.69, 9.17) is 30.5 Å². The smallest absolute Gasteiger partial charge is 0.376 e. The summed E-state index contributed by atoms with van der Waals surface area (Å²) in [6.45, 7) is 0.673. The lowest BCUT2D eigenvalue weighted by Gasteiger charge is -2.30. The minimum absolute atomic E-state index is 0.127. The van der Waals surface area contributed by atoms with E-state index in [0.717, 1.165) is 25.7 Å². The van der Waals surface area contributed by atoms with E-state index in [9.17, 15) is 0 Å². The Morgan fingerprint density at radius 3 is 1.88 bits per heavy atom. The molecule has 0 saturated carbocycles. The van der Waals surface area contributed by atoms with E-state index in [1.807, 2.05) is 0 Å². The molecule has 0 aliphatic heterocycles. The molecule has 0 bridgehead atoms. The summed E-state index contributed by atoms with van der Waals surface area (Å²) in [7, 11) is 1.97. The monoisotopic (exact) mass is 265 g/mol. The zero-order chi connectivity index (χ0) is 13.3. The number of rotatable bonds is 10. The van der Waals surface area contributed by atoms with E-state index in [2.05, 4.69) is 0 Å². The van der Waals surface area contributed by atoms with Crippen LogP contribution in [0.4, 0.5) is 0 Å². The molecule has 0 fully saturated rings. The van der Waals surface area contributed by atoms with Crippen molar-refractivity contribution in [3.8, 4) is 0 Å². The Kier molecular flexibility index (Phi) is 8.97. The van der Waals surface area contributed by atoms with E-state index in [0.29, 0.717) is 6.54 Å². The first kappa shape index (κ1) is 17.0. The Morgan fingerprint density at radius 1 is 0.941 bits per heavy atom. The Bertz CT molecular complexity index is 185. The highest BCUT2D eigenvalue weighted by Crippen LogP contribution is 2.15. The lowest BCUT2D eigenvalue weighted by Crippen LogP contribution is -2.58. The van der Waals surface area contributed by atoms with Crippen LogP contribution in [0.3, 0.4) is 0 Å². The van der Waals surface area contributed by atoms with Gasteiger partial charge in [-0.3, -0.25) is 0 Å². The summed E-state index contributed by atoms with van der Waals surface area (Å²) >= 11 is 0. The molecule has 6 N–H and O–H groups in total. The molecule has 0 radical (unpaired) electrons. The minimum atomic E-state index is -2.72. The standard InChI is InChI=1S/C10H27N3O3Si/c1-14-17(15-2,16-3)10(13)7-6-9(12)5-4-8-11/h9-10H,4-8,11-13H2,1-3H3. The third-order valence-electron chi connectivity index (χ3n) is 2.94. The van der Waals surface area contributed by atoms with Crippen LogP contribution in [-0.2, 0) is 13.3 Å². The van der Waals surface area contributed by atoms with E-state index in [1.54, 1.807) is 21.3 Å². The fraction of sp³-hybridized carbons (Fsp3) is 1.00. The molecule has 0 spiro atoms. The van der Waals surface area contributed by atoms with E-state index >= 15 is 0 Å². The largest absolute Gasteiger partial charge is 0.517 e. The zero-order valence-electron chi connectivity index (χ0n) is 11.1. The fourth-order valence-corrected chi connectivity index (χ4v) is 3.73. The Morgan fingerprint density at radius 2 is 1.47 bits per heavy atom. The second-order valence-corrected chi connectivity index (χ2v) is 7.26. The molecule has 0 saturated heterocycles. The SMILES string of the molecule is CO[Si](OC)(OC)C(N)CCC(N)CCCN. The summed E-state index contributed by atoms with van der Waals surface area (Å²) in [6.07, 6.45) is 3.42. The minimum Gasteiger partial charge on any atom is -0.376 e. The summed E-state index contributed by atoms with van der Waals surface area (Å²) in [6, 6.07) is 0.127. The van der Waals surface area contributed by atoms with Crippen LogP contribution in [0.5, 0.6) is 0 Å². The van der Waals surface area contributed by atoms with E-state index in [-0.39, 0.29) is 11.7 Å². The summed E-state index contributed by atoms with van der Waals surface area (Å²) in [5, 5.41) is 0. The normalized spacial score (nSPS) is 15.9. The number of hydrogen-bond acceptors (Lipinski definition) is 6. The third kappa shape index (κ3) is 5.43. The van der Waals surface area contributed by atoms with Gasteiger partial charge in [0.15, 0.2) is 0 Å². The van der Waals surface area contributed by atoms with Crippen LogP contribution in [-0.4, -0.2) is 48.4 Å². The van der Waals surface area contributed by atoms with Gasteiger partial charge in [-0.25, -0.2) is 0 Å². The highest BCUT2D eigenvalue weighted by atomic mass is 28.4. The van der Waals surface area contributed by atoms with Gasteiger partial charge in [0.1, 0.15) is 0 Å². The van der Waals surface area contributed by atoms with Gasteiger partial charge in [-0.05, 0) is 32.2 Å². The maximum Gasteiger partial charge on any atom is 0.517 e. The van der Waals surface area contributed by atoms with Crippen LogP contribution < -0.4 is 17.2 Å². The molecule has 104 valence electrons. The van der Waals surface area contributed by atoms with Crippen LogP contribution in [0.15, 0.2) is 0 Å². The van der Waals surface area contributed by atoms with Crippen molar-refractivity contribution in [1.82, 2.24) is 0 Å². The summed E-state index contributed by atoms with van der Waals surface area (Å²) in [4.78, 5) is 0. The lowest BCUT2D eigenvalue weighted by atomic mass is 10.1. The van der Waals surface area contributed by atoms with Crippen molar-refractivity contribution in [3.63, 3.8) is 0 Å². The van der Waals surface area contributed by atoms with Crippen molar-refractivity contribution in [3.05, 3.63) is 0 Å². The molecule has 0 aliphatic rings. The first-order valence-corrected chi connectivity index (χ1v) is 7.73. The second-order valence-electron chi connectivity index (χ2n) is 4.09. The molecular formula is C10H27N3O3Si. The van der Waals surface area contributed by atoms with Crippen LogP contribution in [0.2, 0.25) is 0 Å². The van der Waals surface area contributed by atoms with Gasteiger partial charge in [0.05, 0.1) is 5.67 Å². The van der Waals surface area contributed by atoms with Crippen molar-refractivity contribution in [2.24, 2.45) is 17.2 Å². The van der Waals surface area contributed by atoms with E-state index < -0.39 is 8.80 Å². The predicted molar refractivity (Wildman–Crippen MR) is 70.3 cm³/mol. The molecule has 6 nitrogen and oxygen atoms in total. The number of nitrogens with two attached hydrogens (primary N) is 3. The lowest BCUT2D eigenvalue weighted by molar-refractivity contribution is 0.111. The average molecular weight is 265 g/mol. The maximum atomic E-state index is 6.07. The van der Waals surface area contributed by atoms with Gasteiger partial charge in [-0.15, -0.1) is 0 Å². The van der Waals surface area contributed by atoms with Crippen LogP contribution in [0.25, 0.3) is 0 Å². The highest BCUT2D eigenvalue weighted by Gasteiger charge is 2.45. The molecule has 0 aromatic rings. The predicted octanol–water partition coefficient (Wildman–Crippen LogP) is -0.423. The molecule has 0 aromatic carbocycles. The Balaban J connectivity index is 4.09. The van der Waals surface area contributed by atoms with Crippen molar-refractivity contribution in [2.45, 2.75) is 37.4 Å². The van der Waals surface area contributed by atoms with Crippen molar-refractivity contribution in [2.75, 3.05) is 27.9 Å². The van der Waals surface area contributed by atoms with Crippen molar-refractivity contribution in [1.29, 1.82) is 0 Å². The van der Waals surface area contributed by atoms with Crippen LogP contribution >= 0.6 is 0 Å². The molecule has 0 heterocycles. The van der Waals surface area contributed by atoms with Gasteiger partial charge < -0.3 is 30.5 Å². The Labute approximate surface area is 105 Å². The molecular weight excluding hydrogens is 238 g/mol. The van der Waals surface area contributed by atoms with E-state index in [1.165, 1.54) is 0 Å². The van der Waals surface area contributed by atoms with Gasteiger partial charge >= 0.3 is 8.80 Å². The molecule has 0 rings (SSSR count). The van der Waals surface area contributed by atoms with Gasteiger partial charge in [-0.1, -0.05) is 0 Å². The highest BCUT2D eigenvalue weighted by molar-refractivity contribution is 6.62. The third-order valence-corrected chi connectivity index (χ3v) is 5.84. The quantitative estimate of drug-likeness (QED) is 0.463. The van der Waals surface area contributed by atoms with Crippen molar-refractivity contribution < 1.29 is 13.3 Å². The Hall–Kier alpha value is -0.0231. The first-order chi connectivity index (χ1) is 8.06. The first-order valence-electron chi connectivity index (χ1n) is 5.93. The van der Waals surface area contributed by atoms with Gasteiger partial charge in [0.2, 0.25) is 0 Å². The number of hydrogen-bond donors (Lipinski definition) is 3. The topological polar surface area (TPSA) is 106 Å². The van der Waals surface area contributed by atoms with Crippen LogP contribution in [0, 0.1) is 0 Å². The molecule has 2 atom stereocenters. The van der Waals surface area contributed by atoms with Gasteiger partial charge in [0, 0.05) is 27.4 Å². The maximum absolute atomic E-state index is 6.07. The fourth-order valence-electron chi connectivity index (χ4n) is 1.80. The molecule has 7 heteroatoms. The summed E-state index contributed by atoms with van der Waals surface area (Å²) in [5.41, 5.74) is 17.2. The molecule has 2 unspecified atom stereocenters. The summed E-state index contributed by atoms with van der Waals surface area (Å²) in [5.74, 6) is 0. The molecule has 0 aromatic heterocycles. The summed E-state index contributed by atoms with van der Waals surface area (Å²) < 4.78 is 16.0. The van der Waals surface area contributed by atoms with Gasteiger partial charge in [-0.2, -0.15) is 0 Å².